The fraction of sp³-hybridized carbons (Fsp3) is 0.647. The summed E-state index contributed by atoms with van der Waals surface area (Å²) in [4.78, 5) is 18.4. The Labute approximate surface area is 136 Å². The van der Waals surface area contributed by atoms with Gasteiger partial charge < -0.3 is 20.5 Å². The number of aliphatic hydroxyl groups excluding tert-OH is 1. The smallest absolute Gasteiger partial charge is 0.272 e. The Kier molecular flexibility index (Phi) is 4.55. The number of aromatic nitrogens is 1. The van der Waals surface area contributed by atoms with Crippen LogP contribution in [0.5, 0.6) is 0 Å². The van der Waals surface area contributed by atoms with Gasteiger partial charge in [-0.2, -0.15) is 0 Å². The minimum Gasteiger partial charge on any atom is -0.393 e. The number of pyridine rings is 1. The van der Waals surface area contributed by atoms with E-state index in [2.05, 4.69) is 11.9 Å². The van der Waals surface area contributed by atoms with Gasteiger partial charge in [-0.3, -0.25) is 4.79 Å². The van der Waals surface area contributed by atoms with Crippen LogP contribution in [0.3, 0.4) is 0 Å². The molecule has 3 rings (SSSR count). The van der Waals surface area contributed by atoms with Crippen molar-refractivity contribution in [3.05, 3.63) is 23.9 Å². The second-order valence-corrected chi connectivity index (χ2v) is 6.66. The van der Waals surface area contributed by atoms with Crippen molar-refractivity contribution in [1.82, 2.24) is 9.88 Å². The Balaban J connectivity index is 1.65. The molecule has 2 aliphatic heterocycles. The Hall–Kier alpha value is -1.66. The summed E-state index contributed by atoms with van der Waals surface area (Å²) in [6.45, 7) is 3.33. The highest BCUT2D eigenvalue weighted by molar-refractivity contribution is 5.92. The van der Waals surface area contributed by atoms with Crippen molar-refractivity contribution >= 4 is 11.7 Å². The van der Waals surface area contributed by atoms with Gasteiger partial charge in [0.15, 0.2) is 0 Å². The second-order valence-electron chi connectivity index (χ2n) is 6.66. The Morgan fingerprint density at radius 1 is 1.48 bits per heavy atom. The molecule has 0 bridgehead atoms. The third-order valence-corrected chi connectivity index (χ3v) is 4.97. The van der Waals surface area contributed by atoms with Crippen molar-refractivity contribution < 1.29 is 14.6 Å². The molecule has 0 aliphatic carbocycles. The topological polar surface area (TPSA) is 88.7 Å². The number of anilines is 1. The molecule has 1 aromatic rings. The van der Waals surface area contributed by atoms with Crippen LogP contribution < -0.4 is 5.73 Å². The van der Waals surface area contributed by atoms with Crippen LogP contribution in [0.4, 0.5) is 5.82 Å². The maximum Gasteiger partial charge on any atom is 0.272 e. The van der Waals surface area contributed by atoms with Crippen LogP contribution in [0.15, 0.2) is 18.2 Å². The fourth-order valence-electron chi connectivity index (χ4n) is 3.69. The first-order valence-electron chi connectivity index (χ1n) is 8.39. The molecular formula is C17H25N3O3. The zero-order valence-corrected chi connectivity index (χ0v) is 13.6. The average molecular weight is 319 g/mol. The molecule has 3 heterocycles. The Morgan fingerprint density at radius 2 is 2.22 bits per heavy atom. The fourth-order valence-corrected chi connectivity index (χ4v) is 3.69. The molecule has 1 spiro atoms. The van der Waals surface area contributed by atoms with Gasteiger partial charge in [0.1, 0.15) is 11.5 Å². The van der Waals surface area contributed by atoms with Crippen molar-refractivity contribution in [1.29, 1.82) is 0 Å². The number of hydrogen-bond donors (Lipinski definition) is 2. The minimum atomic E-state index is -0.300. The first-order valence-corrected chi connectivity index (χ1v) is 8.39. The monoisotopic (exact) mass is 319 g/mol. The lowest BCUT2D eigenvalue weighted by Gasteiger charge is -2.47. The third-order valence-electron chi connectivity index (χ3n) is 4.97. The number of hydrogen-bond acceptors (Lipinski definition) is 5. The van der Waals surface area contributed by atoms with Crippen LogP contribution >= 0.6 is 0 Å². The molecule has 6 heteroatoms. The van der Waals surface area contributed by atoms with Gasteiger partial charge in [0.25, 0.3) is 5.91 Å². The lowest BCUT2D eigenvalue weighted by atomic mass is 9.81. The summed E-state index contributed by atoms with van der Waals surface area (Å²) >= 11 is 0. The summed E-state index contributed by atoms with van der Waals surface area (Å²) in [5.41, 5.74) is 5.76. The van der Waals surface area contributed by atoms with Gasteiger partial charge in [-0.25, -0.2) is 4.98 Å². The zero-order chi connectivity index (χ0) is 16.4. The molecule has 2 saturated heterocycles. The van der Waals surface area contributed by atoms with Crippen molar-refractivity contribution in [2.45, 2.75) is 56.8 Å². The highest BCUT2D eigenvalue weighted by Crippen LogP contribution is 2.38. The van der Waals surface area contributed by atoms with E-state index in [0.717, 1.165) is 19.3 Å². The molecule has 0 unspecified atom stereocenters. The molecular weight excluding hydrogens is 294 g/mol. The van der Waals surface area contributed by atoms with Gasteiger partial charge in [-0.05, 0) is 37.8 Å². The predicted octanol–water partition coefficient (Wildman–Crippen LogP) is 1.59. The van der Waals surface area contributed by atoms with Gasteiger partial charge in [0.2, 0.25) is 0 Å². The summed E-state index contributed by atoms with van der Waals surface area (Å²) in [6.07, 6.45) is 3.64. The van der Waals surface area contributed by atoms with Crippen LogP contribution in [0, 0.1) is 0 Å². The molecule has 0 saturated carbocycles. The Bertz CT molecular complexity index is 570. The van der Waals surface area contributed by atoms with E-state index in [1.807, 2.05) is 0 Å². The lowest BCUT2D eigenvalue weighted by Crippen LogP contribution is -2.53. The van der Waals surface area contributed by atoms with Gasteiger partial charge >= 0.3 is 0 Å². The highest BCUT2D eigenvalue weighted by atomic mass is 16.5. The van der Waals surface area contributed by atoms with Crippen LogP contribution in [0.2, 0.25) is 0 Å². The molecule has 0 radical (unpaired) electrons. The number of nitrogens with two attached hydrogens (primary N) is 1. The minimum absolute atomic E-state index is 0.0875. The number of carbonyl (C=O) groups is 1. The molecule has 1 aromatic heterocycles. The van der Waals surface area contributed by atoms with Crippen LogP contribution in [0.25, 0.3) is 0 Å². The number of nitrogens with zero attached hydrogens (tertiary/aromatic N) is 2. The van der Waals surface area contributed by atoms with Crippen molar-refractivity contribution in [3.63, 3.8) is 0 Å². The molecule has 23 heavy (non-hydrogen) atoms. The van der Waals surface area contributed by atoms with E-state index >= 15 is 0 Å². The second kappa shape index (κ2) is 6.45. The largest absolute Gasteiger partial charge is 0.393 e. The van der Waals surface area contributed by atoms with E-state index in [9.17, 15) is 9.90 Å². The number of piperidine rings is 1. The van der Waals surface area contributed by atoms with Crippen molar-refractivity contribution in [2.75, 3.05) is 18.8 Å². The molecule has 3 N–H and O–H groups in total. The molecule has 126 valence electrons. The normalized spacial score (nSPS) is 27.1. The highest BCUT2D eigenvalue weighted by Gasteiger charge is 2.43. The van der Waals surface area contributed by atoms with Crippen LogP contribution in [-0.2, 0) is 4.74 Å². The summed E-state index contributed by atoms with van der Waals surface area (Å²) in [6, 6.07) is 5.11. The number of carbonyl (C=O) groups excluding carboxylic acids is 1. The van der Waals surface area contributed by atoms with Crippen molar-refractivity contribution in [2.24, 2.45) is 0 Å². The maximum absolute atomic E-state index is 12.5. The number of amides is 1. The van der Waals surface area contributed by atoms with E-state index < -0.39 is 0 Å². The van der Waals surface area contributed by atoms with Gasteiger partial charge in [-0.15, -0.1) is 0 Å². The van der Waals surface area contributed by atoms with Gasteiger partial charge in [0, 0.05) is 19.5 Å². The lowest BCUT2D eigenvalue weighted by molar-refractivity contribution is -0.179. The van der Waals surface area contributed by atoms with Crippen LogP contribution in [-0.4, -0.2) is 51.8 Å². The predicted molar refractivity (Wildman–Crippen MR) is 86.9 cm³/mol. The SMILES string of the molecule is CC[C@H]1C[C@@H](O)CC2(CCN(C(=O)c3cccc(N)n3)CC2)O1. The van der Waals surface area contributed by atoms with E-state index in [0.29, 0.717) is 37.4 Å². The summed E-state index contributed by atoms with van der Waals surface area (Å²) in [5.74, 6) is 0.268. The molecule has 0 aromatic carbocycles. The van der Waals surface area contributed by atoms with Crippen molar-refractivity contribution in [3.8, 4) is 0 Å². The molecule has 1 amide bonds. The maximum atomic E-state index is 12.5. The first-order chi connectivity index (χ1) is 11.0. The van der Waals surface area contributed by atoms with E-state index in [4.69, 9.17) is 10.5 Å². The van der Waals surface area contributed by atoms with Crippen LogP contribution in [0.1, 0.15) is 49.5 Å². The third kappa shape index (κ3) is 3.48. The number of nitrogen functional groups attached to an aromatic ring is 1. The van der Waals surface area contributed by atoms with Gasteiger partial charge in [0.05, 0.1) is 17.8 Å². The molecule has 2 fully saturated rings. The summed E-state index contributed by atoms with van der Waals surface area (Å²) in [5, 5.41) is 10.1. The number of rotatable bonds is 2. The average Bonchev–Trinajstić information content (AvgIpc) is 2.54. The Morgan fingerprint density at radius 3 is 2.87 bits per heavy atom. The van der Waals surface area contributed by atoms with Gasteiger partial charge in [-0.1, -0.05) is 13.0 Å². The number of ether oxygens (including phenoxy) is 1. The van der Waals surface area contributed by atoms with E-state index in [1.165, 1.54) is 0 Å². The quantitative estimate of drug-likeness (QED) is 0.864. The zero-order valence-electron chi connectivity index (χ0n) is 13.6. The van der Waals surface area contributed by atoms with E-state index in [1.54, 1.807) is 23.1 Å². The molecule has 2 aliphatic rings. The standard InChI is InChI=1S/C17H25N3O3/c1-2-13-10-12(21)11-17(23-13)6-8-20(9-7-17)16(22)14-4-3-5-15(18)19-14/h3-5,12-13,21H,2,6-11H2,1H3,(H2,18,19)/t12-,13+/m1/s1. The molecule has 2 atom stereocenters. The number of likely N-dealkylation sites (tertiary alicyclic amines) is 1. The first kappa shape index (κ1) is 16.2. The summed E-state index contributed by atoms with van der Waals surface area (Å²) in [7, 11) is 0. The van der Waals surface area contributed by atoms with E-state index in [-0.39, 0.29) is 23.7 Å². The molecule has 6 nitrogen and oxygen atoms in total. The number of aliphatic hydroxyl groups is 1. The summed E-state index contributed by atoms with van der Waals surface area (Å²) < 4.78 is 6.25.